The van der Waals surface area contributed by atoms with E-state index in [1.807, 2.05) is 38.6 Å². The van der Waals surface area contributed by atoms with Gasteiger partial charge in [-0.05, 0) is 75.3 Å². The number of aromatic nitrogens is 3. The van der Waals surface area contributed by atoms with Crippen LogP contribution in [0.1, 0.15) is 111 Å². The fourth-order valence-corrected chi connectivity index (χ4v) is 14.6. The number of urea groups is 1. The van der Waals surface area contributed by atoms with Gasteiger partial charge in [-0.3, -0.25) is 19.2 Å². The summed E-state index contributed by atoms with van der Waals surface area (Å²) in [6, 6.07) is 25.6. The molecule has 0 saturated carbocycles. The van der Waals surface area contributed by atoms with Crippen LogP contribution in [0.2, 0.25) is 0 Å². The Labute approximate surface area is 461 Å². The molecule has 6 N–H and O–H groups in total. The number of sulfone groups is 1. The summed E-state index contributed by atoms with van der Waals surface area (Å²) in [5, 5.41) is 34.9. The predicted octanol–water partition coefficient (Wildman–Crippen LogP) is 5.67. The maximum Gasteiger partial charge on any atom is 0.315 e. The molecule has 0 spiro atoms. The molecule has 6 atom stereocenters. The lowest BCUT2D eigenvalue weighted by atomic mass is 9.99. The van der Waals surface area contributed by atoms with Gasteiger partial charge in [0.2, 0.25) is 37.6 Å². The van der Waals surface area contributed by atoms with Gasteiger partial charge in [-0.15, -0.1) is 5.10 Å². The van der Waals surface area contributed by atoms with Crippen molar-refractivity contribution in [3.63, 3.8) is 0 Å². The number of benzene rings is 4. The summed E-state index contributed by atoms with van der Waals surface area (Å²) in [5.74, 6) is -0.324. The molecule has 4 aromatic carbocycles. The molecule has 19 nitrogen and oxygen atoms in total. The molecular weight excluding hydrogens is 1050 g/mol. The van der Waals surface area contributed by atoms with Gasteiger partial charge in [0.05, 0.1) is 46.8 Å². The van der Waals surface area contributed by atoms with E-state index >= 15 is 0 Å². The number of nitrogens with zero attached hydrogens (tertiary/aromatic N) is 4. The van der Waals surface area contributed by atoms with Crippen molar-refractivity contribution in [2.24, 2.45) is 5.92 Å². The van der Waals surface area contributed by atoms with E-state index in [0.29, 0.717) is 59.9 Å². The second-order valence-electron chi connectivity index (χ2n) is 20.4. The highest BCUT2D eigenvalue weighted by atomic mass is 32.2. The molecular formula is C56H71N9O10S3. The smallest absolute Gasteiger partial charge is 0.315 e. The van der Waals surface area contributed by atoms with E-state index < -0.39 is 55.4 Å². The maximum atomic E-state index is 14.4. The highest BCUT2D eigenvalue weighted by molar-refractivity contribution is 8.00. The standard InChI is InChI=1S/C56H71N9O10S3/c1-37(2)33-64(78(74,75)50-19-12-11-18-49(50)77(72,73)44-28-22-38(3)23-29-44)35-47(66)39(4)65-34-43(62-63-65)32-58-55(70)45(31-40-24-26-42(27-25-40)54(69)41-15-7-5-8-16-41)59-52(68)21-9-6-14-30-57-51(67)20-13-10-17-48-53-46(36-76-48)60-56(71)61-53/h5,7-8,11-12,15-16,18-19,22-29,34,37,39,45-48,53,66H,6,9-10,13-14,17,20-21,30-33,35-36H2,1-4H3,(H,57,67)(H,58,70)(H,59,68)(H2,60,61,71)/t39-,45-,46-,47?,48-,53-/m0/s1. The highest BCUT2D eigenvalue weighted by Gasteiger charge is 2.42. The molecule has 3 heterocycles. The summed E-state index contributed by atoms with van der Waals surface area (Å²) in [6.45, 7) is 7.00. The van der Waals surface area contributed by atoms with Crippen molar-refractivity contribution in [3.8, 4) is 0 Å². The van der Waals surface area contributed by atoms with Gasteiger partial charge in [0.15, 0.2) is 5.78 Å². The van der Waals surface area contributed by atoms with E-state index in [9.17, 15) is 45.9 Å². The predicted molar refractivity (Wildman–Crippen MR) is 297 cm³/mol. The number of hydrogen-bond donors (Lipinski definition) is 6. The molecule has 7 rings (SSSR count). The monoisotopic (exact) mass is 1130 g/mol. The number of carbonyl (C=O) groups is 5. The molecule has 1 aromatic heterocycles. The lowest BCUT2D eigenvalue weighted by molar-refractivity contribution is -0.129. The molecule has 0 radical (unpaired) electrons. The molecule has 2 aliphatic heterocycles. The van der Waals surface area contributed by atoms with Crippen LogP contribution in [0.15, 0.2) is 124 Å². The third-order valence-corrected chi connectivity index (χ3v) is 19.2. The number of fused-ring (bicyclic) bond motifs is 1. The summed E-state index contributed by atoms with van der Waals surface area (Å²) in [7, 11) is -8.75. The lowest BCUT2D eigenvalue weighted by Gasteiger charge is -2.29. The van der Waals surface area contributed by atoms with E-state index in [1.165, 1.54) is 47.3 Å². The fourth-order valence-electron chi connectivity index (χ4n) is 9.42. The first kappa shape index (κ1) is 59.2. The van der Waals surface area contributed by atoms with Crippen molar-refractivity contribution in [2.45, 2.75) is 142 Å². The van der Waals surface area contributed by atoms with E-state index in [-0.39, 0.29) is 77.4 Å². The summed E-state index contributed by atoms with van der Waals surface area (Å²) in [6.07, 6.45) is 5.30. The number of hydrogen-bond acceptors (Lipinski definition) is 13. The molecule has 2 fully saturated rings. The second kappa shape index (κ2) is 27.4. The Hall–Kier alpha value is -6.46. The first-order valence-electron chi connectivity index (χ1n) is 26.5. The second-order valence-corrected chi connectivity index (χ2v) is 25.5. The van der Waals surface area contributed by atoms with Crippen LogP contribution >= 0.6 is 11.8 Å². The number of ketones is 1. The molecule has 5 aromatic rings. The average molecular weight is 1130 g/mol. The third kappa shape index (κ3) is 15.9. The zero-order chi connectivity index (χ0) is 56.0. The fraction of sp³-hybridized carbons (Fsp3) is 0.446. The molecule has 5 amide bonds. The van der Waals surface area contributed by atoms with Crippen LogP contribution in [-0.4, -0.2) is 126 Å². The van der Waals surface area contributed by atoms with Crippen LogP contribution in [-0.2, 0) is 47.2 Å². The number of sulfonamides is 1. The number of carbonyl (C=O) groups excluding carboxylic acids is 5. The molecule has 78 heavy (non-hydrogen) atoms. The molecule has 418 valence electrons. The first-order chi connectivity index (χ1) is 37.3. The summed E-state index contributed by atoms with van der Waals surface area (Å²) in [4.78, 5) is 63.7. The van der Waals surface area contributed by atoms with Crippen molar-refractivity contribution in [1.82, 2.24) is 45.9 Å². The minimum absolute atomic E-state index is 0.0201. The van der Waals surface area contributed by atoms with Gasteiger partial charge in [-0.1, -0.05) is 116 Å². The number of aliphatic hydroxyl groups is 1. The van der Waals surface area contributed by atoms with E-state index in [0.717, 1.165) is 34.9 Å². The topological polar surface area (TPSA) is 268 Å². The van der Waals surface area contributed by atoms with Crippen LogP contribution < -0.4 is 26.6 Å². The summed E-state index contributed by atoms with van der Waals surface area (Å²) in [5.41, 5.74) is 2.84. The van der Waals surface area contributed by atoms with Crippen LogP contribution in [0.3, 0.4) is 0 Å². The van der Waals surface area contributed by atoms with Crippen molar-refractivity contribution in [1.29, 1.82) is 0 Å². The third-order valence-electron chi connectivity index (χ3n) is 13.8. The molecule has 0 bridgehead atoms. The van der Waals surface area contributed by atoms with Crippen molar-refractivity contribution < 1.29 is 45.9 Å². The zero-order valence-electron chi connectivity index (χ0n) is 44.5. The number of amides is 5. The Morgan fingerprint density at radius 2 is 1.45 bits per heavy atom. The maximum absolute atomic E-state index is 14.4. The summed E-state index contributed by atoms with van der Waals surface area (Å²) >= 11 is 1.86. The SMILES string of the molecule is Cc1ccc(S(=O)(=O)c2ccccc2S(=O)(=O)N(CC(C)C)CC(O)[C@H](C)n2cc(CNC(=O)[C@H](Cc3ccc(C(=O)c4ccccc4)cc3)NC(=O)CCCCCNC(=O)CCCC[C@@H]3SC[C@@H]4NC(=O)N[C@@H]43)nn2)cc1. The number of thioether (sulfide) groups is 1. The Kier molecular flexibility index (Phi) is 20.8. The van der Waals surface area contributed by atoms with E-state index in [4.69, 9.17) is 0 Å². The van der Waals surface area contributed by atoms with Gasteiger partial charge in [0.25, 0.3) is 0 Å². The Balaban J connectivity index is 0.925. The van der Waals surface area contributed by atoms with Crippen LogP contribution in [0.5, 0.6) is 0 Å². The van der Waals surface area contributed by atoms with Crippen molar-refractivity contribution >= 4 is 61.2 Å². The molecule has 22 heteroatoms. The Bertz CT molecular complexity index is 3090. The lowest BCUT2D eigenvalue weighted by Crippen LogP contribution is -2.47. The zero-order valence-corrected chi connectivity index (χ0v) is 46.9. The highest BCUT2D eigenvalue weighted by Crippen LogP contribution is 2.34. The van der Waals surface area contributed by atoms with Gasteiger partial charge < -0.3 is 31.7 Å². The van der Waals surface area contributed by atoms with E-state index in [1.54, 1.807) is 67.6 Å². The van der Waals surface area contributed by atoms with Crippen molar-refractivity contribution in [2.75, 3.05) is 25.4 Å². The molecule has 0 aliphatic carbocycles. The minimum atomic E-state index is -4.49. The molecule has 2 aliphatic rings. The quantitative estimate of drug-likeness (QED) is 0.0192. The summed E-state index contributed by atoms with van der Waals surface area (Å²) < 4.78 is 58.9. The van der Waals surface area contributed by atoms with Gasteiger partial charge in [0.1, 0.15) is 16.6 Å². The average Bonchev–Trinajstić information content (AvgIpc) is 4.25. The number of aliphatic hydroxyl groups excluding tert-OH is 1. The van der Waals surface area contributed by atoms with Crippen LogP contribution in [0.25, 0.3) is 0 Å². The number of nitrogens with one attached hydrogen (secondary N) is 5. The first-order valence-corrected chi connectivity index (χ1v) is 30.5. The van der Waals surface area contributed by atoms with Gasteiger partial charge in [0, 0.05) is 61.0 Å². The minimum Gasteiger partial charge on any atom is -0.390 e. The Morgan fingerprint density at radius 3 is 2.17 bits per heavy atom. The molecule has 2 saturated heterocycles. The number of unbranched alkanes of at least 4 members (excludes halogenated alkanes) is 3. The number of aryl methyl sites for hydroxylation is 1. The van der Waals surface area contributed by atoms with E-state index in [2.05, 4.69) is 36.9 Å². The van der Waals surface area contributed by atoms with Crippen molar-refractivity contribution in [3.05, 3.63) is 137 Å². The van der Waals surface area contributed by atoms with Gasteiger partial charge in [-0.2, -0.15) is 16.1 Å². The Morgan fingerprint density at radius 1 is 0.782 bits per heavy atom. The molecule has 1 unspecified atom stereocenters. The normalized spacial score (nSPS) is 17.4. The number of rotatable bonds is 29. The van der Waals surface area contributed by atoms with Gasteiger partial charge in [-0.25, -0.2) is 26.3 Å². The van der Waals surface area contributed by atoms with Gasteiger partial charge >= 0.3 is 6.03 Å². The van der Waals surface area contributed by atoms with Crippen LogP contribution in [0.4, 0.5) is 4.79 Å². The largest absolute Gasteiger partial charge is 0.390 e. The van der Waals surface area contributed by atoms with Crippen LogP contribution in [0, 0.1) is 12.8 Å².